The van der Waals surface area contributed by atoms with Gasteiger partial charge in [-0.3, -0.25) is 0 Å². The molecule has 0 aromatic heterocycles. The first-order valence-electron chi connectivity index (χ1n) is 7.84. The van der Waals surface area contributed by atoms with Crippen LogP contribution < -0.4 is 5.32 Å². The van der Waals surface area contributed by atoms with Crippen LogP contribution >= 0.6 is 0 Å². The van der Waals surface area contributed by atoms with E-state index in [0.717, 1.165) is 29.7 Å². The van der Waals surface area contributed by atoms with Gasteiger partial charge in [-0.15, -0.1) is 0 Å². The van der Waals surface area contributed by atoms with Crippen LogP contribution in [0.15, 0.2) is 6.33 Å². The average molecular weight is 271 g/mol. The summed E-state index contributed by atoms with van der Waals surface area (Å²) in [6, 6.07) is 0.559. The minimum Gasteiger partial charge on any atom is -0.365 e. The normalized spacial score (nSPS) is 19.9. The van der Waals surface area contributed by atoms with Crippen molar-refractivity contribution in [3.05, 3.63) is 12.2 Å². The minimum atomic E-state index is 0.559. The van der Waals surface area contributed by atoms with E-state index in [-0.39, 0.29) is 0 Å². The number of aromatic nitrogens is 4. The molecule has 2 fully saturated rings. The third-order valence-corrected chi connectivity index (χ3v) is 4.46. The molecule has 1 N–H and O–H groups in total. The van der Waals surface area contributed by atoms with E-state index in [0.29, 0.717) is 12.0 Å². The van der Waals surface area contributed by atoms with Crippen molar-refractivity contribution in [1.29, 1.82) is 0 Å². The lowest BCUT2D eigenvalue weighted by molar-refractivity contribution is 0.716. The van der Waals surface area contributed by atoms with Gasteiger partial charge in [0.05, 0.1) is 6.33 Å². The second kappa shape index (κ2) is 4.72. The smallest absolute Gasteiger partial charge is 0.165 e. The molecule has 0 amide bonds. The molecule has 0 saturated heterocycles. The number of aryl methyl sites for hydroxylation is 1. The maximum atomic E-state index is 4.77. The van der Waals surface area contributed by atoms with Gasteiger partial charge in [0.2, 0.25) is 0 Å². The van der Waals surface area contributed by atoms with Gasteiger partial charge in [0.25, 0.3) is 0 Å². The fraction of sp³-hybridized carbons (Fsp3) is 0.667. The predicted molar refractivity (Wildman–Crippen MR) is 78.0 cm³/mol. The number of imidazole rings is 1. The second-order valence-electron chi connectivity index (χ2n) is 6.03. The van der Waals surface area contributed by atoms with Crippen molar-refractivity contribution >= 4 is 5.82 Å². The summed E-state index contributed by atoms with van der Waals surface area (Å²) in [4.78, 5) is 14.1. The number of nitrogens with one attached hydrogen (secondary N) is 1. The molecular weight excluding hydrogens is 250 g/mol. The van der Waals surface area contributed by atoms with E-state index < -0.39 is 0 Å². The summed E-state index contributed by atoms with van der Waals surface area (Å²) in [6.07, 6.45) is 9.50. The van der Waals surface area contributed by atoms with Crippen LogP contribution in [0.4, 0.5) is 5.82 Å². The van der Waals surface area contributed by atoms with E-state index >= 15 is 0 Å². The topological polar surface area (TPSA) is 55.6 Å². The summed E-state index contributed by atoms with van der Waals surface area (Å²) < 4.78 is 2.09. The van der Waals surface area contributed by atoms with Gasteiger partial charge in [-0.2, -0.15) is 0 Å². The van der Waals surface area contributed by atoms with Crippen LogP contribution in [-0.4, -0.2) is 25.6 Å². The molecule has 2 aliphatic heterocycles. The van der Waals surface area contributed by atoms with E-state index in [1.807, 2.05) is 6.33 Å². The number of hydrogen-bond donors (Lipinski definition) is 1. The van der Waals surface area contributed by atoms with Gasteiger partial charge in [0.1, 0.15) is 5.82 Å². The molecule has 0 unspecified atom stereocenters. The summed E-state index contributed by atoms with van der Waals surface area (Å²) in [6.45, 7) is 3.01. The van der Waals surface area contributed by atoms with E-state index in [2.05, 4.69) is 21.8 Å². The fourth-order valence-electron chi connectivity index (χ4n) is 3.08. The van der Waals surface area contributed by atoms with Crippen molar-refractivity contribution in [2.75, 3.05) is 5.32 Å². The van der Waals surface area contributed by atoms with Crippen molar-refractivity contribution in [3.63, 3.8) is 0 Å². The molecule has 5 heteroatoms. The molecule has 2 aliphatic carbocycles. The van der Waals surface area contributed by atoms with Crippen LogP contribution in [0.5, 0.6) is 0 Å². The highest BCUT2D eigenvalue weighted by molar-refractivity contribution is 5.68. The van der Waals surface area contributed by atoms with E-state index in [1.165, 1.54) is 38.5 Å². The number of fused-ring (bicyclic) bond motifs is 1. The first-order chi connectivity index (χ1) is 9.85. The molecule has 0 radical (unpaired) electrons. The molecular formula is C15H21N5. The van der Waals surface area contributed by atoms with Gasteiger partial charge >= 0.3 is 0 Å². The Hall–Kier alpha value is -1.65. The second-order valence-corrected chi connectivity index (χ2v) is 6.03. The van der Waals surface area contributed by atoms with E-state index in [1.54, 1.807) is 0 Å². The van der Waals surface area contributed by atoms with E-state index in [4.69, 9.17) is 9.97 Å². The average Bonchev–Trinajstić information content (AvgIpc) is 3.00. The Labute approximate surface area is 119 Å². The molecule has 106 valence electrons. The van der Waals surface area contributed by atoms with Crippen molar-refractivity contribution < 1.29 is 0 Å². The van der Waals surface area contributed by atoms with Crippen LogP contribution in [0.3, 0.4) is 0 Å². The van der Waals surface area contributed by atoms with Crippen molar-refractivity contribution in [2.45, 2.75) is 64.0 Å². The number of nitrogens with zero attached hydrogens (tertiary/aromatic N) is 4. The Morgan fingerprint density at radius 2 is 2.00 bits per heavy atom. The molecule has 5 nitrogen and oxygen atoms in total. The van der Waals surface area contributed by atoms with Gasteiger partial charge < -0.3 is 9.88 Å². The Kier molecular flexibility index (Phi) is 2.86. The highest BCUT2D eigenvalue weighted by Crippen LogP contribution is 2.41. The zero-order chi connectivity index (χ0) is 13.5. The lowest BCUT2D eigenvalue weighted by Crippen LogP contribution is -2.18. The summed E-state index contributed by atoms with van der Waals surface area (Å²) in [5, 5.41) is 3.58. The zero-order valence-electron chi connectivity index (χ0n) is 12.0. The summed E-state index contributed by atoms with van der Waals surface area (Å²) >= 11 is 0. The van der Waals surface area contributed by atoms with Gasteiger partial charge in [-0.25, -0.2) is 15.0 Å². The van der Waals surface area contributed by atoms with Crippen LogP contribution in [0.25, 0.3) is 11.5 Å². The maximum absolute atomic E-state index is 4.77. The molecule has 0 aromatic carbocycles. The molecule has 4 aliphatic rings. The zero-order valence-corrected chi connectivity index (χ0v) is 12.0. The third-order valence-electron chi connectivity index (χ3n) is 4.46. The monoisotopic (exact) mass is 271 g/mol. The number of rotatable bonds is 4. The van der Waals surface area contributed by atoms with Gasteiger partial charge in [-0.1, -0.05) is 12.8 Å². The molecule has 0 spiro atoms. The first-order valence-corrected chi connectivity index (χ1v) is 7.84. The van der Waals surface area contributed by atoms with Gasteiger partial charge in [-0.05, 0) is 32.6 Å². The standard InChI is InChI=1S/C15H21N5/c1-2-20-9-16-14(17-11-5-3-4-6-11)12-15(20)19-13(18-12)10-7-8-10/h9-11,17H,2-8H2,1H3. The third kappa shape index (κ3) is 2.05. The van der Waals surface area contributed by atoms with E-state index in [9.17, 15) is 0 Å². The lowest BCUT2D eigenvalue weighted by Gasteiger charge is -2.16. The largest absolute Gasteiger partial charge is 0.365 e. The van der Waals surface area contributed by atoms with Crippen LogP contribution in [0, 0.1) is 0 Å². The molecule has 2 saturated carbocycles. The summed E-state index contributed by atoms with van der Waals surface area (Å²) in [5.41, 5.74) is 0.961. The molecule has 0 bridgehead atoms. The Bertz CT molecular complexity index is 580. The van der Waals surface area contributed by atoms with Crippen molar-refractivity contribution in [3.8, 4) is 11.5 Å². The molecule has 2 heterocycles. The predicted octanol–water partition coefficient (Wildman–Crippen LogP) is 3.03. The Morgan fingerprint density at radius 3 is 2.70 bits per heavy atom. The maximum Gasteiger partial charge on any atom is 0.165 e. The van der Waals surface area contributed by atoms with Crippen molar-refractivity contribution in [2.24, 2.45) is 0 Å². The molecule has 0 atom stereocenters. The highest BCUT2D eigenvalue weighted by Gasteiger charge is 2.31. The van der Waals surface area contributed by atoms with Gasteiger partial charge in [0, 0.05) is 18.5 Å². The van der Waals surface area contributed by atoms with Gasteiger partial charge in [0.15, 0.2) is 17.3 Å². The molecule has 4 rings (SSSR count). The lowest BCUT2D eigenvalue weighted by atomic mass is 10.2. The molecule has 20 heavy (non-hydrogen) atoms. The highest BCUT2D eigenvalue weighted by atomic mass is 15.2. The van der Waals surface area contributed by atoms with Crippen molar-refractivity contribution in [1.82, 2.24) is 19.5 Å². The quantitative estimate of drug-likeness (QED) is 0.928. The fourth-order valence-corrected chi connectivity index (χ4v) is 3.08. The number of anilines is 1. The minimum absolute atomic E-state index is 0.559. The Morgan fingerprint density at radius 1 is 1.20 bits per heavy atom. The summed E-state index contributed by atoms with van der Waals surface area (Å²) in [5.74, 6) is 3.53. The van der Waals surface area contributed by atoms with Crippen LogP contribution in [0.2, 0.25) is 0 Å². The first kappa shape index (κ1) is 12.1. The molecule has 0 aromatic rings. The van der Waals surface area contributed by atoms with Crippen LogP contribution in [0.1, 0.15) is 57.2 Å². The SMILES string of the molecule is CCn1cnc(NC2CCCC2)c2nc(C3CC3)nc1-2. The summed E-state index contributed by atoms with van der Waals surface area (Å²) in [7, 11) is 0. The van der Waals surface area contributed by atoms with Crippen LogP contribution in [-0.2, 0) is 6.54 Å². The number of hydrogen-bond acceptors (Lipinski definition) is 4. The Balaban J connectivity index is 1.72.